The van der Waals surface area contributed by atoms with Crippen LogP contribution in [0.15, 0.2) is 84.9 Å². The van der Waals surface area contributed by atoms with Gasteiger partial charge in [0.15, 0.2) is 0 Å². The van der Waals surface area contributed by atoms with Crippen LogP contribution in [0.5, 0.6) is 0 Å². The van der Waals surface area contributed by atoms with E-state index in [4.69, 9.17) is 4.74 Å². The molecule has 0 aliphatic heterocycles. The van der Waals surface area contributed by atoms with E-state index in [2.05, 4.69) is 50.9 Å². The van der Waals surface area contributed by atoms with Gasteiger partial charge in [-0.2, -0.15) is 0 Å². The molecule has 0 saturated carbocycles. The molecule has 0 bridgehead atoms. The summed E-state index contributed by atoms with van der Waals surface area (Å²) in [5, 5.41) is 3.47. The Kier molecular flexibility index (Phi) is 12.2. The molecule has 3 rings (SSSR count). The molecule has 178 valence electrons. The number of hydrogen-bond donors (Lipinski definition) is 1. The number of nitrogens with one attached hydrogen (secondary N) is 1. The first kappa shape index (κ1) is 27.6. The van der Waals surface area contributed by atoms with Crippen LogP contribution < -0.4 is 5.32 Å². The van der Waals surface area contributed by atoms with Gasteiger partial charge in [-0.1, -0.05) is 102 Å². The molecule has 5 nitrogen and oxygen atoms in total. The summed E-state index contributed by atoms with van der Waals surface area (Å²) in [7, 11) is 1.02. The van der Waals surface area contributed by atoms with Crippen LogP contribution in [0, 0.1) is 6.92 Å². The molecule has 3 aromatic rings. The molecule has 0 fully saturated rings. The molecule has 0 heterocycles. The quantitative estimate of drug-likeness (QED) is 0.239. The van der Waals surface area contributed by atoms with E-state index in [0.29, 0.717) is 19.8 Å². The number of benzene rings is 3. The minimum absolute atomic E-state index is 0.304. The van der Waals surface area contributed by atoms with E-state index in [1.165, 1.54) is 5.56 Å². The molecule has 3 aromatic carbocycles. The third kappa shape index (κ3) is 10.0. The Morgan fingerprint density at radius 1 is 0.909 bits per heavy atom. The van der Waals surface area contributed by atoms with E-state index >= 15 is 0 Å². The van der Waals surface area contributed by atoms with Crippen molar-refractivity contribution in [2.45, 2.75) is 25.6 Å². The van der Waals surface area contributed by atoms with E-state index in [1.807, 2.05) is 78.0 Å². The van der Waals surface area contributed by atoms with Crippen LogP contribution >= 0.6 is 9.69 Å². The fourth-order valence-electron chi connectivity index (χ4n) is 3.40. The van der Waals surface area contributed by atoms with Crippen molar-refractivity contribution < 1.29 is 30.5 Å². The number of rotatable bonds is 11. The van der Waals surface area contributed by atoms with E-state index < -0.39 is 16.1 Å². The average Bonchev–Trinajstić information content (AvgIpc) is 2.83. The third-order valence-electron chi connectivity index (χ3n) is 4.92. The fourth-order valence-corrected chi connectivity index (χ4v) is 4.06. The molecule has 2 atom stereocenters. The van der Waals surface area contributed by atoms with Gasteiger partial charge in [0, 0.05) is 18.8 Å². The second kappa shape index (κ2) is 14.6. The summed E-state index contributed by atoms with van der Waals surface area (Å²) >= 11 is 1.82. The van der Waals surface area contributed by atoms with Crippen molar-refractivity contribution in [1.82, 2.24) is 5.32 Å². The molecule has 1 N–H and O–H groups in total. The van der Waals surface area contributed by atoms with Crippen molar-refractivity contribution in [3.63, 3.8) is 0 Å². The zero-order chi connectivity index (χ0) is 24.1. The third-order valence-corrected chi connectivity index (χ3v) is 5.53. The van der Waals surface area contributed by atoms with Crippen LogP contribution in [0.1, 0.15) is 34.3 Å². The summed E-state index contributed by atoms with van der Waals surface area (Å²) in [5.74, 6) is 0. The first-order valence-electron chi connectivity index (χ1n) is 10.4. The molecule has 33 heavy (non-hydrogen) atoms. The minimum atomic E-state index is -3.55. The number of halogens is 1. The first-order valence-corrected chi connectivity index (χ1v) is 14.5. The van der Waals surface area contributed by atoms with Gasteiger partial charge < -0.3 is 14.8 Å². The Morgan fingerprint density at radius 3 is 2.00 bits per heavy atom. The fraction of sp³-hybridized carbons (Fsp3) is 0.280. The molecule has 0 radical (unpaired) electrons. The monoisotopic (exact) mass is 574 g/mol. The van der Waals surface area contributed by atoms with Crippen LogP contribution in [0.3, 0.4) is 0 Å². The van der Waals surface area contributed by atoms with Crippen LogP contribution in [0.2, 0.25) is 0 Å². The van der Waals surface area contributed by atoms with E-state index in [9.17, 15) is 8.42 Å². The first-order chi connectivity index (χ1) is 15.9. The van der Waals surface area contributed by atoms with Crippen LogP contribution in [-0.2, 0) is 38.7 Å². The van der Waals surface area contributed by atoms with Gasteiger partial charge in [-0.05, 0) is 18.1 Å². The van der Waals surface area contributed by atoms with Gasteiger partial charge in [-0.25, -0.2) is 8.42 Å². The average molecular weight is 574 g/mol. The maximum atomic E-state index is 12.1. The van der Waals surface area contributed by atoms with Gasteiger partial charge in [-0.3, -0.25) is 0 Å². The number of hydrogen-bond acceptors (Lipinski definition) is 4. The summed E-state index contributed by atoms with van der Waals surface area (Å²) in [6, 6.07) is 26.7. The van der Waals surface area contributed by atoms with Gasteiger partial charge in [0.25, 0.3) is 0 Å². The summed E-state index contributed by atoms with van der Waals surface area (Å²) < 4.78 is 34.2. The van der Waals surface area contributed by atoms with Crippen molar-refractivity contribution in [2.75, 3.05) is 19.4 Å². The van der Waals surface area contributed by atoms with E-state index in [0.717, 1.165) is 22.9 Å². The Balaban J connectivity index is 0.00000187. The number of ether oxygens (including phenoxy) is 1. The van der Waals surface area contributed by atoms with E-state index in [-0.39, 0.29) is 6.04 Å². The second-order valence-corrected chi connectivity index (χ2v) is 9.25. The summed E-state index contributed by atoms with van der Waals surface area (Å²) in [4.78, 5) is 0. The Hall–Kier alpha value is -1.60. The van der Waals surface area contributed by atoms with Crippen molar-refractivity contribution in [3.05, 3.63) is 112 Å². The number of aryl methyl sites for hydroxylation is 1. The molecule has 0 amide bonds. The Labute approximate surface area is 211 Å². The maximum absolute atomic E-state index is 12.1. The zero-order valence-electron chi connectivity index (χ0n) is 18.7. The van der Waals surface area contributed by atoms with Crippen molar-refractivity contribution in [1.29, 1.82) is 0 Å². The van der Waals surface area contributed by atoms with Gasteiger partial charge in [0.2, 0.25) is 0 Å². The number of sulfonamides is 1. The van der Waals surface area contributed by atoms with Crippen LogP contribution in [0.4, 0.5) is 0 Å². The van der Waals surface area contributed by atoms with Gasteiger partial charge in [0.1, 0.15) is 0 Å². The Bertz CT molecular complexity index is 1040. The van der Waals surface area contributed by atoms with Crippen molar-refractivity contribution >= 4 is 19.7 Å². The summed E-state index contributed by atoms with van der Waals surface area (Å²) in [6.45, 7) is 3.66. The molecule has 0 aliphatic carbocycles. The van der Waals surface area contributed by atoms with Gasteiger partial charge >= 0.3 is 27.0 Å². The number of nitrogens with zero attached hydrogens (tertiary/aromatic N) is 1. The normalized spacial score (nSPS) is 13.0. The molecule has 0 aliphatic rings. The summed E-state index contributed by atoms with van der Waals surface area (Å²) in [6.07, 6.45) is 1.13. The van der Waals surface area contributed by atoms with E-state index in [1.54, 1.807) is 0 Å². The molecule has 2 unspecified atom stereocenters. The standard InChI is InChI=1S/C25H29N2O3S.ClH.Ru/c1-20-13-15-21(16-14-20)19-30-18-17-26-24(22-9-5-3-6-10-22)25(27-31(2,28)29)23-11-7-4-8-12-23;;/h3-16,24-26H,17-19H2,1-2H3;1H;/q-1;;+2/p-1. The molecule has 8 heteroatoms. The summed E-state index contributed by atoms with van der Waals surface area (Å²) in [5.41, 5.74) is 4.16. The van der Waals surface area contributed by atoms with Crippen LogP contribution in [0.25, 0.3) is 4.72 Å². The predicted molar refractivity (Wildman–Crippen MR) is 131 cm³/mol. The zero-order valence-corrected chi connectivity index (χ0v) is 22.0. The van der Waals surface area contributed by atoms with Gasteiger partial charge in [-0.15, -0.1) is 0 Å². The topological polar surface area (TPSA) is 69.5 Å². The molecule has 0 aromatic heterocycles. The van der Waals surface area contributed by atoms with Gasteiger partial charge in [0.05, 0.1) is 23.2 Å². The second-order valence-electron chi connectivity index (χ2n) is 7.57. The molecular formula is C25H29ClN2O3RuS. The Morgan fingerprint density at radius 2 is 1.45 bits per heavy atom. The molecular weight excluding hydrogens is 545 g/mol. The predicted octanol–water partition coefficient (Wildman–Crippen LogP) is 5.60. The molecule has 0 saturated heterocycles. The van der Waals surface area contributed by atoms with Crippen molar-refractivity contribution in [3.8, 4) is 0 Å². The molecule has 0 spiro atoms. The SMILES string of the molecule is Cc1ccc(COCCNC(c2ccccc2)C([N-]S(C)(=O)=O)c2ccccc2)cc1.[Cl][Ru+]. The van der Waals surface area contributed by atoms with Crippen LogP contribution in [-0.4, -0.2) is 27.8 Å². The van der Waals surface area contributed by atoms with Crippen molar-refractivity contribution in [2.24, 2.45) is 0 Å².